The molecule has 4 nitrogen and oxygen atoms in total. The van der Waals surface area contributed by atoms with E-state index in [0.29, 0.717) is 10.9 Å². The van der Waals surface area contributed by atoms with E-state index in [9.17, 15) is 9.59 Å². The van der Waals surface area contributed by atoms with Gasteiger partial charge >= 0.3 is 5.97 Å². The van der Waals surface area contributed by atoms with Gasteiger partial charge in [0.05, 0.1) is 18.1 Å². The number of H-pyrrole nitrogens is 1. The van der Waals surface area contributed by atoms with Crippen LogP contribution in [0.25, 0.3) is 22.9 Å². The van der Waals surface area contributed by atoms with Gasteiger partial charge in [0, 0.05) is 6.20 Å². The van der Waals surface area contributed by atoms with Crippen LogP contribution in [0, 0.1) is 0 Å². The van der Waals surface area contributed by atoms with E-state index in [-0.39, 0.29) is 11.5 Å². The molecule has 3 rings (SSSR count). The van der Waals surface area contributed by atoms with Crippen molar-refractivity contribution in [2.75, 3.05) is 7.11 Å². The molecule has 0 atom stereocenters. The highest BCUT2D eigenvalue weighted by Gasteiger charge is 2.13. The Morgan fingerprint density at radius 1 is 1.09 bits per heavy atom. The summed E-state index contributed by atoms with van der Waals surface area (Å²) < 4.78 is 4.82. The number of pyridine rings is 1. The summed E-state index contributed by atoms with van der Waals surface area (Å²) in [5, 5.41) is 3.05. The minimum Gasteiger partial charge on any atom is -0.465 e. The average molecular weight is 315 g/mol. The Morgan fingerprint density at radius 3 is 2.30 bits per heavy atom. The lowest BCUT2D eigenvalue weighted by Crippen LogP contribution is -2.36. The first-order chi connectivity index (χ1) is 11.2. The number of methoxy groups -OCH3 is 1. The molecule has 4 heteroatoms. The fourth-order valence-electron chi connectivity index (χ4n) is 2.57. The minimum atomic E-state index is -0.370. The largest absolute Gasteiger partial charge is 0.465 e. The second-order valence-electron chi connectivity index (χ2n) is 4.50. The maximum absolute atomic E-state index is 12.0. The van der Waals surface area contributed by atoms with Crippen molar-refractivity contribution >= 4 is 28.9 Å². The van der Waals surface area contributed by atoms with E-state index in [4.69, 9.17) is 4.74 Å². The smallest absolute Gasteiger partial charge is 0.338 e. The maximum atomic E-state index is 12.0. The SMILES string of the molecule is CC.CC.COC(=O)c1cc2cc[nH]c(=O)c2c2c1=CCCC=2. The van der Waals surface area contributed by atoms with Crippen molar-refractivity contribution < 1.29 is 9.53 Å². The molecule has 0 spiro atoms. The fourth-order valence-corrected chi connectivity index (χ4v) is 2.57. The Balaban J connectivity index is 0.000000615. The molecular formula is C19H25NO3. The lowest BCUT2D eigenvalue weighted by Gasteiger charge is -2.08. The number of aromatic amines is 1. The number of esters is 1. The summed E-state index contributed by atoms with van der Waals surface area (Å²) in [6.07, 6.45) is 7.34. The van der Waals surface area contributed by atoms with Crippen molar-refractivity contribution in [3.05, 3.63) is 44.7 Å². The van der Waals surface area contributed by atoms with Gasteiger partial charge in [0.1, 0.15) is 0 Å². The molecule has 0 unspecified atom stereocenters. The van der Waals surface area contributed by atoms with E-state index >= 15 is 0 Å². The van der Waals surface area contributed by atoms with E-state index in [1.807, 2.05) is 39.8 Å². The van der Waals surface area contributed by atoms with E-state index in [2.05, 4.69) is 4.98 Å². The van der Waals surface area contributed by atoms with Crippen LogP contribution in [0.3, 0.4) is 0 Å². The molecule has 1 aromatic heterocycles. The number of fused-ring (bicyclic) bond motifs is 3. The third-order valence-corrected chi connectivity index (χ3v) is 3.41. The first kappa shape index (κ1) is 18.7. The normalized spacial score (nSPS) is 11.5. The quantitative estimate of drug-likeness (QED) is 0.823. The van der Waals surface area contributed by atoms with Crippen LogP contribution in [-0.2, 0) is 4.74 Å². The number of nitrogens with one attached hydrogen (secondary N) is 1. The van der Waals surface area contributed by atoms with Crippen molar-refractivity contribution in [3.8, 4) is 0 Å². The van der Waals surface area contributed by atoms with Crippen molar-refractivity contribution in [3.63, 3.8) is 0 Å². The highest BCUT2D eigenvalue weighted by atomic mass is 16.5. The summed E-state index contributed by atoms with van der Waals surface area (Å²) in [6.45, 7) is 8.00. The molecule has 1 N–H and O–H groups in total. The number of benzene rings is 1. The molecule has 23 heavy (non-hydrogen) atoms. The lowest BCUT2D eigenvalue weighted by atomic mass is 9.98. The van der Waals surface area contributed by atoms with Crippen LogP contribution < -0.4 is 16.0 Å². The van der Waals surface area contributed by atoms with Gasteiger partial charge in [-0.3, -0.25) is 4.79 Å². The standard InChI is InChI=1S/C15H13NO3.2C2H6/c1-19-15(18)12-8-9-6-7-16-14(17)13(9)11-5-3-2-4-10(11)12;2*1-2/h4-8H,2-3H2,1H3,(H,16,17);2*1-2H3. The Kier molecular flexibility index (Phi) is 7.26. The van der Waals surface area contributed by atoms with Crippen LogP contribution in [-0.4, -0.2) is 18.1 Å². The van der Waals surface area contributed by atoms with Crippen LogP contribution in [0.1, 0.15) is 50.9 Å². The summed E-state index contributed by atoms with van der Waals surface area (Å²) in [6, 6.07) is 3.52. The van der Waals surface area contributed by atoms with E-state index < -0.39 is 0 Å². The van der Waals surface area contributed by atoms with Crippen molar-refractivity contribution in [1.29, 1.82) is 0 Å². The zero-order valence-electron chi connectivity index (χ0n) is 14.5. The van der Waals surface area contributed by atoms with Crippen molar-refractivity contribution in [2.45, 2.75) is 40.5 Å². The number of carbonyl (C=O) groups excluding carboxylic acids is 1. The summed E-state index contributed by atoms with van der Waals surface area (Å²) in [5.41, 5.74) is 0.392. The Morgan fingerprint density at radius 2 is 1.70 bits per heavy atom. The van der Waals surface area contributed by atoms with Gasteiger partial charge in [-0.05, 0) is 40.8 Å². The molecule has 1 aliphatic rings. The highest BCUT2D eigenvalue weighted by molar-refractivity contribution is 5.96. The number of aromatic nitrogens is 1. The summed E-state index contributed by atoms with van der Waals surface area (Å²) >= 11 is 0. The summed E-state index contributed by atoms with van der Waals surface area (Å²) in [7, 11) is 1.36. The molecule has 1 aliphatic carbocycles. The lowest BCUT2D eigenvalue weighted by molar-refractivity contribution is 0.0599. The molecule has 0 radical (unpaired) electrons. The number of hydrogen-bond acceptors (Lipinski definition) is 3. The van der Waals surface area contributed by atoms with Crippen molar-refractivity contribution in [1.82, 2.24) is 4.98 Å². The van der Waals surface area contributed by atoms with Gasteiger partial charge in [0.2, 0.25) is 0 Å². The molecule has 0 aliphatic heterocycles. The van der Waals surface area contributed by atoms with Crippen LogP contribution in [0.2, 0.25) is 0 Å². The first-order valence-corrected chi connectivity index (χ1v) is 8.15. The predicted molar refractivity (Wildman–Crippen MR) is 96.0 cm³/mol. The molecule has 1 heterocycles. The second kappa shape index (κ2) is 8.93. The molecule has 2 aromatic rings. The Bertz CT molecular complexity index is 847. The van der Waals surface area contributed by atoms with Crippen LogP contribution in [0.15, 0.2) is 23.1 Å². The van der Waals surface area contributed by atoms with Gasteiger partial charge in [-0.1, -0.05) is 39.8 Å². The monoisotopic (exact) mass is 315 g/mol. The zero-order valence-corrected chi connectivity index (χ0v) is 14.5. The van der Waals surface area contributed by atoms with Gasteiger partial charge in [0.25, 0.3) is 5.56 Å². The summed E-state index contributed by atoms with van der Waals surface area (Å²) in [4.78, 5) is 26.5. The Labute approximate surface area is 136 Å². The number of rotatable bonds is 1. The van der Waals surface area contributed by atoms with Gasteiger partial charge in [0.15, 0.2) is 0 Å². The molecule has 0 saturated carbocycles. The summed E-state index contributed by atoms with van der Waals surface area (Å²) in [5.74, 6) is -0.370. The molecular weight excluding hydrogens is 290 g/mol. The topological polar surface area (TPSA) is 59.2 Å². The van der Waals surface area contributed by atoms with Crippen LogP contribution in [0.4, 0.5) is 0 Å². The third-order valence-electron chi connectivity index (χ3n) is 3.41. The third kappa shape index (κ3) is 3.70. The van der Waals surface area contributed by atoms with Gasteiger partial charge in [-0.2, -0.15) is 0 Å². The number of hydrogen-bond donors (Lipinski definition) is 1. The first-order valence-electron chi connectivity index (χ1n) is 8.15. The Hall–Kier alpha value is -2.36. The predicted octanol–water partition coefficient (Wildman–Crippen LogP) is 2.72. The van der Waals surface area contributed by atoms with Gasteiger partial charge in [-0.15, -0.1) is 0 Å². The highest BCUT2D eigenvalue weighted by Crippen LogP contribution is 2.08. The van der Waals surface area contributed by atoms with Crippen LogP contribution >= 0.6 is 0 Å². The minimum absolute atomic E-state index is 0.128. The van der Waals surface area contributed by atoms with E-state index in [1.165, 1.54) is 7.11 Å². The fraction of sp³-hybridized carbons (Fsp3) is 0.368. The van der Waals surface area contributed by atoms with E-state index in [1.54, 1.807) is 18.3 Å². The zero-order chi connectivity index (χ0) is 17.4. The van der Waals surface area contributed by atoms with E-state index in [0.717, 1.165) is 28.7 Å². The number of carbonyl (C=O) groups is 1. The molecule has 124 valence electrons. The molecule has 0 fully saturated rings. The van der Waals surface area contributed by atoms with Gasteiger partial charge in [-0.25, -0.2) is 4.79 Å². The molecule has 0 amide bonds. The van der Waals surface area contributed by atoms with Crippen LogP contribution in [0.5, 0.6) is 0 Å². The molecule has 0 bridgehead atoms. The molecule has 0 saturated heterocycles. The number of ether oxygens (including phenoxy) is 1. The van der Waals surface area contributed by atoms with Gasteiger partial charge < -0.3 is 9.72 Å². The van der Waals surface area contributed by atoms with Crippen molar-refractivity contribution in [2.24, 2.45) is 0 Å². The average Bonchev–Trinajstić information content (AvgIpc) is 2.63. The second-order valence-corrected chi connectivity index (χ2v) is 4.50. The maximum Gasteiger partial charge on any atom is 0.338 e. The molecule has 1 aromatic carbocycles.